The van der Waals surface area contributed by atoms with Crippen molar-refractivity contribution in [1.29, 1.82) is 0 Å². The van der Waals surface area contributed by atoms with Gasteiger partial charge in [0, 0.05) is 10.6 Å². The second-order valence-corrected chi connectivity index (χ2v) is 9.61. The summed E-state index contributed by atoms with van der Waals surface area (Å²) in [7, 11) is -2.64. The molecule has 1 saturated heterocycles. The topological polar surface area (TPSA) is 127 Å². The standard InChI is InChI=1S/C22H17FN2O6S2/c1-31-16-9-4-12(23)11-15(16)20(26)18-19(17-3-2-10-32-17)25(22(28)21(18)27)13-5-7-14(8-6-13)33(24,29)30/h2-11,19,26H,1H3,(H2,24,29,30)/b20-18-. The van der Waals surface area contributed by atoms with E-state index in [0.717, 1.165) is 17.0 Å². The fraction of sp³-hybridized carbons (Fsp3) is 0.0909. The minimum atomic E-state index is -3.96. The summed E-state index contributed by atoms with van der Waals surface area (Å²) in [6.07, 6.45) is 0. The Morgan fingerprint density at radius 2 is 1.85 bits per heavy atom. The maximum Gasteiger partial charge on any atom is 0.300 e. The van der Waals surface area contributed by atoms with E-state index in [1.54, 1.807) is 17.5 Å². The molecule has 1 amide bonds. The number of thiophene rings is 1. The molecule has 2 aromatic carbocycles. The molecular formula is C22H17FN2O6S2. The van der Waals surface area contributed by atoms with E-state index < -0.39 is 39.3 Å². The van der Waals surface area contributed by atoms with Crippen molar-refractivity contribution in [2.45, 2.75) is 10.9 Å². The summed E-state index contributed by atoms with van der Waals surface area (Å²) in [6, 6.07) is 10.9. The molecule has 1 fully saturated rings. The highest BCUT2D eigenvalue weighted by Gasteiger charge is 2.47. The number of carbonyl (C=O) groups is 2. The predicted octanol–water partition coefficient (Wildman–Crippen LogP) is 3.17. The molecule has 0 bridgehead atoms. The molecule has 4 rings (SSSR count). The molecule has 1 aliphatic heterocycles. The van der Waals surface area contributed by atoms with E-state index in [4.69, 9.17) is 9.88 Å². The number of ketones is 1. The largest absolute Gasteiger partial charge is 0.507 e. The second kappa shape index (κ2) is 8.43. The van der Waals surface area contributed by atoms with Crippen LogP contribution in [-0.2, 0) is 19.6 Å². The molecular weight excluding hydrogens is 471 g/mol. The summed E-state index contributed by atoms with van der Waals surface area (Å²) in [4.78, 5) is 27.7. The van der Waals surface area contributed by atoms with Crippen LogP contribution in [0.2, 0.25) is 0 Å². The van der Waals surface area contributed by atoms with Gasteiger partial charge in [-0.05, 0) is 53.9 Å². The lowest BCUT2D eigenvalue weighted by Gasteiger charge is -2.24. The van der Waals surface area contributed by atoms with Crippen LogP contribution in [0.5, 0.6) is 5.75 Å². The summed E-state index contributed by atoms with van der Waals surface area (Å²) < 4.78 is 42.3. The van der Waals surface area contributed by atoms with E-state index in [0.29, 0.717) is 4.88 Å². The first-order valence-corrected chi connectivity index (χ1v) is 11.9. The van der Waals surface area contributed by atoms with Crippen LogP contribution >= 0.6 is 11.3 Å². The lowest BCUT2D eigenvalue weighted by Crippen LogP contribution is -2.29. The lowest BCUT2D eigenvalue weighted by atomic mass is 9.99. The average molecular weight is 489 g/mol. The number of carbonyl (C=O) groups excluding carboxylic acids is 2. The number of rotatable bonds is 5. The van der Waals surface area contributed by atoms with E-state index in [1.165, 1.54) is 48.8 Å². The molecule has 1 atom stereocenters. The van der Waals surface area contributed by atoms with Crippen LogP contribution in [0.4, 0.5) is 10.1 Å². The highest BCUT2D eigenvalue weighted by Crippen LogP contribution is 2.44. The summed E-state index contributed by atoms with van der Waals surface area (Å²) >= 11 is 1.25. The molecule has 0 saturated carbocycles. The number of nitrogens with zero attached hydrogens (tertiary/aromatic N) is 1. The fourth-order valence-corrected chi connectivity index (χ4v) is 4.96. The molecule has 1 aromatic heterocycles. The average Bonchev–Trinajstić information content (AvgIpc) is 3.40. The third-order valence-corrected chi connectivity index (χ3v) is 6.97. The molecule has 11 heteroatoms. The van der Waals surface area contributed by atoms with Crippen molar-refractivity contribution in [2.24, 2.45) is 5.14 Å². The number of benzene rings is 2. The monoisotopic (exact) mass is 488 g/mol. The van der Waals surface area contributed by atoms with Gasteiger partial charge in [-0.2, -0.15) is 0 Å². The zero-order valence-corrected chi connectivity index (χ0v) is 18.7. The smallest absolute Gasteiger partial charge is 0.300 e. The Labute approximate surface area is 192 Å². The molecule has 3 aromatic rings. The maximum atomic E-state index is 13.9. The molecule has 0 spiro atoms. The second-order valence-electron chi connectivity index (χ2n) is 7.07. The fourth-order valence-electron chi connectivity index (χ4n) is 3.62. The maximum absolute atomic E-state index is 13.9. The summed E-state index contributed by atoms with van der Waals surface area (Å²) in [5.41, 5.74) is -0.114. The number of aliphatic hydroxyl groups excluding tert-OH is 1. The van der Waals surface area contributed by atoms with E-state index in [1.807, 2.05) is 0 Å². The highest BCUT2D eigenvalue weighted by atomic mass is 32.2. The van der Waals surface area contributed by atoms with Gasteiger partial charge >= 0.3 is 0 Å². The number of aliphatic hydroxyl groups is 1. The third-order valence-electron chi connectivity index (χ3n) is 5.12. The number of sulfonamides is 1. The molecule has 0 aliphatic carbocycles. The molecule has 3 N–H and O–H groups in total. The number of hydrogen-bond donors (Lipinski definition) is 2. The van der Waals surface area contributed by atoms with E-state index >= 15 is 0 Å². The Hall–Kier alpha value is -3.54. The number of ether oxygens (including phenoxy) is 1. The third kappa shape index (κ3) is 4.01. The Balaban J connectivity index is 1.93. The number of amides is 1. The van der Waals surface area contributed by atoms with Gasteiger partial charge in [0.1, 0.15) is 23.4 Å². The van der Waals surface area contributed by atoms with Crippen LogP contribution in [0.15, 0.2) is 70.4 Å². The number of halogens is 1. The lowest BCUT2D eigenvalue weighted by molar-refractivity contribution is -0.132. The molecule has 1 unspecified atom stereocenters. The van der Waals surface area contributed by atoms with Crippen molar-refractivity contribution in [1.82, 2.24) is 0 Å². The van der Waals surface area contributed by atoms with Gasteiger partial charge in [0.2, 0.25) is 10.0 Å². The van der Waals surface area contributed by atoms with E-state index in [9.17, 15) is 27.5 Å². The molecule has 0 radical (unpaired) electrons. The van der Waals surface area contributed by atoms with Crippen molar-refractivity contribution in [3.63, 3.8) is 0 Å². The number of hydrogen-bond acceptors (Lipinski definition) is 7. The number of nitrogens with two attached hydrogens (primary N) is 1. The Kier molecular flexibility index (Phi) is 5.78. The normalized spacial score (nSPS) is 18.0. The Morgan fingerprint density at radius 3 is 2.42 bits per heavy atom. The zero-order valence-electron chi connectivity index (χ0n) is 17.1. The Morgan fingerprint density at radius 1 is 1.15 bits per heavy atom. The number of primary sulfonamides is 1. The van der Waals surface area contributed by atoms with Gasteiger partial charge in [-0.3, -0.25) is 14.5 Å². The highest BCUT2D eigenvalue weighted by molar-refractivity contribution is 7.89. The molecule has 2 heterocycles. The predicted molar refractivity (Wildman–Crippen MR) is 120 cm³/mol. The summed E-state index contributed by atoms with van der Waals surface area (Å²) in [5, 5.41) is 17.9. The van der Waals surface area contributed by atoms with Crippen molar-refractivity contribution in [3.05, 3.63) is 81.8 Å². The molecule has 1 aliphatic rings. The van der Waals surface area contributed by atoms with Gasteiger partial charge in [-0.25, -0.2) is 17.9 Å². The van der Waals surface area contributed by atoms with Crippen LogP contribution in [0.3, 0.4) is 0 Å². The quantitative estimate of drug-likeness (QED) is 0.323. The van der Waals surface area contributed by atoms with Crippen molar-refractivity contribution in [2.75, 3.05) is 12.0 Å². The van der Waals surface area contributed by atoms with E-state index in [-0.39, 0.29) is 27.5 Å². The number of methoxy groups -OCH3 is 1. The van der Waals surface area contributed by atoms with Crippen molar-refractivity contribution in [3.8, 4) is 5.75 Å². The number of anilines is 1. The minimum Gasteiger partial charge on any atom is -0.507 e. The first kappa shape index (κ1) is 22.6. The van der Waals surface area contributed by atoms with Gasteiger partial charge in [0.15, 0.2) is 0 Å². The van der Waals surface area contributed by atoms with Crippen LogP contribution in [0.25, 0.3) is 5.76 Å². The Bertz CT molecular complexity index is 1380. The van der Waals surface area contributed by atoms with Crippen LogP contribution < -0.4 is 14.8 Å². The minimum absolute atomic E-state index is 0.0818. The van der Waals surface area contributed by atoms with Gasteiger partial charge in [0.25, 0.3) is 11.7 Å². The first-order valence-electron chi connectivity index (χ1n) is 9.44. The van der Waals surface area contributed by atoms with Gasteiger partial charge in [0.05, 0.1) is 23.1 Å². The molecule has 8 nitrogen and oxygen atoms in total. The van der Waals surface area contributed by atoms with Crippen LogP contribution in [0, 0.1) is 5.82 Å². The number of Topliss-reactive ketones (excluding diaryl/α,β-unsaturated/α-hetero) is 1. The van der Waals surface area contributed by atoms with Crippen LogP contribution in [-0.4, -0.2) is 32.3 Å². The molecule has 33 heavy (non-hydrogen) atoms. The van der Waals surface area contributed by atoms with Gasteiger partial charge in [-0.1, -0.05) is 6.07 Å². The summed E-state index contributed by atoms with van der Waals surface area (Å²) in [5.74, 6) is -3.06. The van der Waals surface area contributed by atoms with Crippen LogP contribution in [0.1, 0.15) is 16.5 Å². The van der Waals surface area contributed by atoms with Gasteiger partial charge in [-0.15, -0.1) is 11.3 Å². The SMILES string of the molecule is COc1ccc(F)cc1/C(O)=C1/C(=O)C(=O)N(c2ccc(S(N)(=O)=O)cc2)C1c1cccs1. The van der Waals surface area contributed by atoms with Gasteiger partial charge < -0.3 is 9.84 Å². The summed E-state index contributed by atoms with van der Waals surface area (Å²) in [6.45, 7) is 0. The van der Waals surface area contributed by atoms with E-state index in [2.05, 4.69) is 0 Å². The van der Waals surface area contributed by atoms with Crippen molar-refractivity contribution < 1.29 is 32.2 Å². The molecule has 170 valence electrons. The first-order chi connectivity index (χ1) is 15.6. The van der Waals surface area contributed by atoms with Crippen molar-refractivity contribution >= 4 is 44.5 Å². The zero-order chi connectivity index (χ0) is 23.9.